The maximum absolute atomic E-state index is 5.82. The second-order valence-electron chi connectivity index (χ2n) is 6.07. The van der Waals surface area contributed by atoms with Crippen molar-refractivity contribution < 1.29 is 4.74 Å². The molecule has 0 atom stereocenters. The molecule has 0 bridgehead atoms. The van der Waals surface area contributed by atoms with Gasteiger partial charge in [-0.2, -0.15) is 0 Å². The Bertz CT molecular complexity index is 612. The topological polar surface area (TPSA) is 35.2 Å². The summed E-state index contributed by atoms with van der Waals surface area (Å²) in [6.07, 6.45) is 8.64. The Kier molecular flexibility index (Phi) is 8.33. The van der Waals surface area contributed by atoms with Gasteiger partial charge in [-0.1, -0.05) is 80.4 Å². The molecular weight excluding hydrogens is 314 g/mol. The van der Waals surface area contributed by atoms with Crippen molar-refractivity contribution >= 4 is 17.2 Å². The molecule has 0 heterocycles. The van der Waals surface area contributed by atoms with Crippen molar-refractivity contribution in [3.05, 3.63) is 65.7 Å². The number of ether oxygens (including phenoxy) is 1. The zero-order valence-corrected chi connectivity index (χ0v) is 15.1. The van der Waals surface area contributed by atoms with E-state index in [4.69, 9.17) is 22.7 Å². The van der Waals surface area contributed by atoms with Crippen molar-refractivity contribution in [3.63, 3.8) is 0 Å². The van der Waals surface area contributed by atoms with Gasteiger partial charge in [0.15, 0.2) is 0 Å². The lowest BCUT2D eigenvalue weighted by molar-refractivity contribution is 0.304. The second kappa shape index (κ2) is 10.8. The Morgan fingerprint density at radius 2 is 1.42 bits per heavy atom. The van der Waals surface area contributed by atoms with E-state index in [2.05, 4.69) is 30.3 Å². The maximum atomic E-state index is 5.82. The van der Waals surface area contributed by atoms with Crippen LogP contribution >= 0.6 is 12.2 Å². The molecule has 0 aliphatic heterocycles. The highest BCUT2D eigenvalue weighted by Crippen LogP contribution is 2.18. The zero-order valence-electron chi connectivity index (χ0n) is 14.2. The number of thiocarbonyl (C=S) groups is 1. The molecule has 2 nitrogen and oxygen atoms in total. The Morgan fingerprint density at radius 1 is 0.792 bits per heavy atom. The minimum Gasteiger partial charge on any atom is -0.493 e. The van der Waals surface area contributed by atoms with Crippen LogP contribution in [0.3, 0.4) is 0 Å². The molecule has 0 aromatic heterocycles. The summed E-state index contributed by atoms with van der Waals surface area (Å²) in [6, 6.07) is 18.4. The molecule has 2 aromatic rings. The van der Waals surface area contributed by atoms with Gasteiger partial charge in [-0.05, 0) is 37.0 Å². The smallest absolute Gasteiger partial charge is 0.129 e. The third kappa shape index (κ3) is 6.71. The fraction of sp³-hybridized carbons (Fsp3) is 0.381. The molecule has 3 heteroatoms. The Morgan fingerprint density at radius 3 is 2.17 bits per heavy atom. The number of aryl methyl sites for hydroxylation is 1. The van der Waals surface area contributed by atoms with Gasteiger partial charge in [-0.15, -0.1) is 0 Å². The van der Waals surface area contributed by atoms with Gasteiger partial charge in [0.2, 0.25) is 0 Å². The number of nitrogens with two attached hydrogens (primary N) is 1. The molecule has 0 amide bonds. The molecule has 0 radical (unpaired) electrons. The highest BCUT2D eigenvalue weighted by Gasteiger charge is 2.04. The van der Waals surface area contributed by atoms with Gasteiger partial charge in [0.25, 0.3) is 0 Å². The van der Waals surface area contributed by atoms with Crippen LogP contribution in [0.2, 0.25) is 0 Å². The molecule has 0 saturated heterocycles. The molecule has 0 unspecified atom stereocenters. The Labute approximate surface area is 151 Å². The molecule has 0 spiro atoms. The van der Waals surface area contributed by atoms with Crippen LogP contribution in [0.4, 0.5) is 0 Å². The van der Waals surface area contributed by atoms with Gasteiger partial charge >= 0.3 is 0 Å². The van der Waals surface area contributed by atoms with Crippen molar-refractivity contribution in [2.24, 2.45) is 5.73 Å². The van der Waals surface area contributed by atoms with Gasteiger partial charge in [-0.3, -0.25) is 0 Å². The first-order chi connectivity index (χ1) is 11.8. The molecule has 0 aliphatic carbocycles. The van der Waals surface area contributed by atoms with Gasteiger partial charge in [0, 0.05) is 0 Å². The van der Waals surface area contributed by atoms with Gasteiger partial charge in [0.1, 0.15) is 10.7 Å². The molecule has 128 valence electrons. The standard InChI is InChI=1S/C21H27NOS/c22-21(24)19-15-9-10-16-20(19)23-17-11-4-2-1-3-6-12-18-13-7-5-8-14-18/h5,7-10,13-16H,1-4,6,11-12,17H2,(H2,22,24). The van der Waals surface area contributed by atoms with Gasteiger partial charge in [0.05, 0.1) is 12.2 Å². The van der Waals surface area contributed by atoms with Crippen LogP contribution < -0.4 is 10.5 Å². The monoisotopic (exact) mass is 341 g/mol. The Hall–Kier alpha value is -1.87. The van der Waals surface area contributed by atoms with Crippen LogP contribution in [0.25, 0.3) is 0 Å². The lowest BCUT2D eigenvalue weighted by Crippen LogP contribution is -2.12. The largest absolute Gasteiger partial charge is 0.493 e. The van der Waals surface area contributed by atoms with E-state index in [-0.39, 0.29) is 0 Å². The maximum Gasteiger partial charge on any atom is 0.129 e. The number of unbranched alkanes of at least 4 members (excludes halogenated alkanes) is 5. The molecule has 2 N–H and O–H groups in total. The predicted octanol–water partition coefficient (Wildman–Crippen LogP) is 5.28. The summed E-state index contributed by atoms with van der Waals surface area (Å²) < 4.78 is 5.82. The number of benzene rings is 2. The van der Waals surface area contributed by atoms with Crippen LogP contribution in [0, 0.1) is 0 Å². The van der Waals surface area contributed by atoms with Crippen LogP contribution in [0.1, 0.15) is 49.7 Å². The molecule has 24 heavy (non-hydrogen) atoms. The molecule has 0 saturated carbocycles. The highest BCUT2D eigenvalue weighted by molar-refractivity contribution is 7.80. The fourth-order valence-corrected chi connectivity index (χ4v) is 2.93. The van der Waals surface area contributed by atoms with Crippen LogP contribution in [-0.2, 0) is 6.42 Å². The third-order valence-electron chi connectivity index (χ3n) is 4.11. The Balaban J connectivity index is 1.51. The second-order valence-corrected chi connectivity index (χ2v) is 6.51. The van der Waals surface area contributed by atoms with Crippen molar-refractivity contribution in [2.45, 2.75) is 44.9 Å². The van der Waals surface area contributed by atoms with E-state index in [0.29, 0.717) is 4.99 Å². The van der Waals surface area contributed by atoms with E-state index >= 15 is 0 Å². The molecule has 0 aliphatic rings. The van der Waals surface area contributed by atoms with E-state index in [1.807, 2.05) is 24.3 Å². The highest BCUT2D eigenvalue weighted by atomic mass is 32.1. The lowest BCUT2D eigenvalue weighted by atomic mass is 10.1. The average Bonchev–Trinajstić information content (AvgIpc) is 2.61. The summed E-state index contributed by atoms with van der Waals surface area (Å²) in [5, 5.41) is 0. The predicted molar refractivity (Wildman–Crippen MR) is 106 cm³/mol. The molecule has 2 aromatic carbocycles. The van der Waals surface area contributed by atoms with Gasteiger partial charge < -0.3 is 10.5 Å². The first-order valence-corrected chi connectivity index (χ1v) is 9.24. The molecule has 2 rings (SSSR count). The van der Waals surface area contributed by atoms with Crippen molar-refractivity contribution in [3.8, 4) is 5.75 Å². The number of hydrogen-bond acceptors (Lipinski definition) is 2. The quantitative estimate of drug-likeness (QED) is 0.446. The van der Waals surface area contributed by atoms with E-state index in [1.54, 1.807) is 0 Å². The lowest BCUT2D eigenvalue weighted by Gasteiger charge is -2.10. The summed E-state index contributed by atoms with van der Waals surface area (Å²) in [5.74, 6) is 0.799. The van der Waals surface area contributed by atoms with Gasteiger partial charge in [-0.25, -0.2) is 0 Å². The van der Waals surface area contributed by atoms with Crippen molar-refractivity contribution in [2.75, 3.05) is 6.61 Å². The zero-order chi connectivity index (χ0) is 17.0. The average molecular weight is 342 g/mol. The minimum absolute atomic E-state index is 0.393. The number of hydrogen-bond donors (Lipinski definition) is 1. The molecular formula is C21H27NOS. The summed E-state index contributed by atoms with van der Waals surface area (Å²) in [6.45, 7) is 0.726. The summed E-state index contributed by atoms with van der Waals surface area (Å²) >= 11 is 5.04. The normalized spacial score (nSPS) is 10.5. The van der Waals surface area contributed by atoms with Crippen LogP contribution in [0.15, 0.2) is 54.6 Å². The van der Waals surface area contributed by atoms with E-state index in [9.17, 15) is 0 Å². The van der Waals surface area contributed by atoms with Crippen molar-refractivity contribution in [1.29, 1.82) is 0 Å². The third-order valence-corrected chi connectivity index (χ3v) is 4.33. The number of rotatable bonds is 11. The SMILES string of the molecule is NC(=S)c1ccccc1OCCCCCCCCc1ccccc1. The van der Waals surface area contributed by atoms with Crippen molar-refractivity contribution in [1.82, 2.24) is 0 Å². The van der Waals surface area contributed by atoms with E-state index in [1.165, 1.54) is 44.1 Å². The summed E-state index contributed by atoms with van der Waals surface area (Å²) in [7, 11) is 0. The first-order valence-electron chi connectivity index (χ1n) is 8.83. The van der Waals surface area contributed by atoms with E-state index in [0.717, 1.165) is 24.3 Å². The first kappa shape index (κ1) is 18.5. The summed E-state index contributed by atoms with van der Waals surface area (Å²) in [5.41, 5.74) is 7.98. The van der Waals surface area contributed by atoms with Crippen LogP contribution in [-0.4, -0.2) is 11.6 Å². The fourth-order valence-electron chi connectivity index (χ4n) is 2.76. The number of para-hydroxylation sites is 1. The molecule has 0 fully saturated rings. The van der Waals surface area contributed by atoms with Crippen LogP contribution in [0.5, 0.6) is 5.75 Å². The van der Waals surface area contributed by atoms with E-state index < -0.39 is 0 Å². The minimum atomic E-state index is 0.393. The summed E-state index contributed by atoms with van der Waals surface area (Å²) in [4.78, 5) is 0.393.